The highest BCUT2D eigenvalue weighted by Gasteiger charge is 2.19. The molecule has 6 nitrogen and oxygen atoms in total. The zero-order valence-corrected chi connectivity index (χ0v) is 21.2. The summed E-state index contributed by atoms with van der Waals surface area (Å²) in [6, 6.07) is 10.6. The number of nitrogens with one attached hydrogen (secondary N) is 1. The van der Waals surface area contributed by atoms with E-state index in [0.717, 1.165) is 28.7 Å². The molecule has 0 heterocycles. The van der Waals surface area contributed by atoms with Crippen molar-refractivity contribution in [2.45, 2.75) is 52.5 Å². The zero-order chi connectivity index (χ0) is 24.1. The van der Waals surface area contributed by atoms with E-state index in [1.54, 1.807) is 31.4 Å². The number of halogens is 1. The highest BCUT2D eigenvalue weighted by atomic mass is 35.5. The highest BCUT2D eigenvalue weighted by molar-refractivity contribution is 7.92. The van der Waals surface area contributed by atoms with E-state index >= 15 is 0 Å². The molecular formula is C24H33ClN2O4S. The molecule has 0 bridgehead atoms. The highest BCUT2D eigenvalue weighted by Crippen LogP contribution is 2.32. The van der Waals surface area contributed by atoms with Crippen LogP contribution in [0.2, 0.25) is 5.02 Å². The van der Waals surface area contributed by atoms with Gasteiger partial charge in [0.25, 0.3) is 0 Å². The molecule has 2 aromatic rings. The third-order valence-corrected chi connectivity index (χ3v) is 6.78. The van der Waals surface area contributed by atoms with Gasteiger partial charge in [0.2, 0.25) is 15.9 Å². The summed E-state index contributed by atoms with van der Waals surface area (Å²) < 4.78 is 31.2. The lowest BCUT2D eigenvalue weighted by Gasteiger charge is -2.23. The standard InChI is InChI=1S/C24H33ClN2O4S/c1-16(2)21-15-22(17(3)13-23(21)31-5)18(4)26-24(28)11-8-12-27(32(6,29)30)20-10-7-9-19(25)14-20/h7,9-10,13-16,18H,8,11-12H2,1-6H3,(H,26,28)/t18-/m1/s1. The van der Waals surface area contributed by atoms with Crippen LogP contribution in [0, 0.1) is 6.92 Å². The number of ether oxygens (including phenoxy) is 1. The van der Waals surface area contributed by atoms with E-state index in [-0.39, 0.29) is 24.9 Å². The molecule has 0 aliphatic carbocycles. The number of methoxy groups -OCH3 is 1. The summed E-state index contributed by atoms with van der Waals surface area (Å²) in [5, 5.41) is 3.49. The Balaban J connectivity index is 2.04. The fourth-order valence-corrected chi connectivity index (χ4v) is 4.84. The summed E-state index contributed by atoms with van der Waals surface area (Å²) in [4.78, 5) is 12.6. The van der Waals surface area contributed by atoms with Crippen LogP contribution in [0.15, 0.2) is 36.4 Å². The normalized spacial score (nSPS) is 12.5. The molecule has 0 aromatic heterocycles. The number of hydrogen-bond donors (Lipinski definition) is 1. The van der Waals surface area contributed by atoms with Gasteiger partial charge in [0.15, 0.2) is 0 Å². The Morgan fingerprint density at radius 2 is 1.84 bits per heavy atom. The van der Waals surface area contributed by atoms with Gasteiger partial charge in [-0.1, -0.05) is 31.5 Å². The van der Waals surface area contributed by atoms with Gasteiger partial charge in [0.05, 0.1) is 25.1 Å². The average molecular weight is 481 g/mol. The topological polar surface area (TPSA) is 75.7 Å². The lowest BCUT2D eigenvalue weighted by molar-refractivity contribution is -0.121. The number of rotatable bonds is 10. The third kappa shape index (κ3) is 6.87. The van der Waals surface area contributed by atoms with Crippen LogP contribution < -0.4 is 14.4 Å². The fraction of sp³-hybridized carbons (Fsp3) is 0.458. The molecule has 2 rings (SSSR count). The van der Waals surface area contributed by atoms with Crippen molar-refractivity contribution in [2.75, 3.05) is 24.2 Å². The molecule has 0 aliphatic heterocycles. The molecule has 0 saturated carbocycles. The molecule has 32 heavy (non-hydrogen) atoms. The van der Waals surface area contributed by atoms with Gasteiger partial charge in [-0.2, -0.15) is 0 Å². The molecule has 0 aliphatic rings. The van der Waals surface area contributed by atoms with Crippen molar-refractivity contribution < 1.29 is 17.9 Å². The molecule has 8 heteroatoms. The van der Waals surface area contributed by atoms with E-state index in [1.165, 1.54) is 4.31 Å². The Hall–Kier alpha value is -2.25. The molecule has 176 valence electrons. The number of carbonyl (C=O) groups excluding carboxylic acids is 1. The fourth-order valence-electron chi connectivity index (χ4n) is 3.70. The molecule has 1 amide bonds. The maximum absolute atomic E-state index is 12.6. The predicted octanol–water partition coefficient (Wildman–Crippen LogP) is 5.20. The Bertz CT molecular complexity index is 1050. The molecular weight excluding hydrogens is 448 g/mol. The number of nitrogens with zero attached hydrogens (tertiary/aromatic N) is 1. The SMILES string of the molecule is COc1cc(C)c([C@@H](C)NC(=O)CCCN(c2cccc(Cl)c2)S(C)(=O)=O)cc1C(C)C. The second kappa shape index (κ2) is 11.1. The van der Waals surface area contributed by atoms with E-state index < -0.39 is 10.0 Å². The molecule has 2 aromatic carbocycles. The first-order valence-corrected chi connectivity index (χ1v) is 12.9. The van der Waals surface area contributed by atoms with Crippen LogP contribution in [0.4, 0.5) is 5.69 Å². The van der Waals surface area contributed by atoms with Gasteiger partial charge in [-0.05, 0) is 73.2 Å². The van der Waals surface area contributed by atoms with Crippen LogP contribution in [0.3, 0.4) is 0 Å². The number of hydrogen-bond acceptors (Lipinski definition) is 4. The predicted molar refractivity (Wildman–Crippen MR) is 131 cm³/mol. The van der Waals surface area contributed by atoms with Gasteiger partial charge < -0.3 is 10.1 Å². The summed E-state index contributed by atoms with van der Waals surface area (Å²) in [6.45, 7) is 8.35. The maximum Gasteiger partial charge on any atom is 0.232 e. The van der Waals surface area contributed by atoms with Crippen molar-refractivity contribution in [2.24, 2.45) is 0 Å². The Kier molecular flexibility index (Phi) is 8.98. The second-order valence-corrected chi connectivity index (χ2v) is 10.7. The van der Waals surface area contributed by atoms with Crippen molar-refractivity contribution >= 4 is 33.2 Å². The van der Waals surface area contributed by atoms with Crippen molar-refractivity contribution in [1.29, 1.82) is 0 Å². The van der Waals surface area contributed by atoms with Gasteiger partial charge in [-0.15, -0.1) is 0 Å². The van der Waals surface area contributed by atoms with Crippen LogP contribution >= 0.6 is 11.6 Å². The average Bonchev–Trinajstić information content (AvgIpc) is 2.69. The van der Waals surface area contributed by atoms with Gasteiger partial charge in [-0.25, -0.2) is 8.42 Å². The van der Waals surface area contributed by atoms with Crippen LogP contribution in [0.5, 0.6) is 5.75 Å². The van der Waals surface area contributed by atoms with Crippen LogP contribution in [-0.2, 0) is 14.8 Å². The van der Waals surface area contributed by atoms with Crippen molar-refractivity contribution in [1.82, 2.24) is 5.32 Å². The monoisotopic (exact) mass is 480 g/mol. The first-order valence-electron chi connectivity index (χ1n) is 10.6. The van der Waals surface area contributed by atoms with E-state index in [1.807, 2.05) is 19.9 Å². The molecule has 0 saturated heterocycles. The van der Waals surface area contributed by atoms with E-state index in [9.17, 15) is 13.2 Å². The first kappa shape index (κ1) is 26.0. The zero-order valence-electron chi connectivity index (χ0n) is 19.6. The van der Waals surface area contributed by atoms with Crippen LogP contribution in [0.25, 0.3) is 0 Å². The number of sulfonamides is 1. The van der Waals surface area contributed by atoms with E-state index in [2.05, 4.69) is 25.2 Å². The summed E-state index contributed by atoms with van der Waals surface area (Å²) >= 11 is 6.01. The Morgan fingerprint density at radius 1 is 1.16 bits per heavy atom. The number of amides is 1. The first-order chi connectivity index (χ1) is 14.9. The Labute approximate surface area is 197 Å². The second-order valence-electron chi connectivity index (χ2n) is 8.31. The lowest BCUT2D eigenvalue weighted by Crippen LogP contribution is -2.32. The minimum absolute atomic E-state index is 0.127. The van der Waals surface area contributed by atoms with E-state index in [4.69, 9.17) is 16.3 Å². The van der Waals surface area contributed by atoms with Crippen molar-refractivity contribution in [3.05, 3.63) is 58.1 Å². The van der Waals surface area contributed by atoms with Gasteiger partial charge in [0.1, 0.15) is 5.75 Å². The largest absolute Gasteiger partial charge is 0.496 e. The smallest absolute Gasteiger partial charge is 0.232 e. The number of carbonyl (C=O) groups is 1. The number of anilines is 1. The van der Waals surface area contributed by atoms with Gasteiger partial charge in [-0.3, -0.25) is 9.10 Å². The summed E-state index contributed by atoms with van der Waals surface area (Å²) in [6.07, 6.45) is 1.74. The summed E-state index contributed by atoms with van der Waals surface area (Å²) in [5.41, 5.74) is 3.67. The molecule has 1 atom stereocenters. The minimum Gasteiger partial charge on any atom is -0.496 e. The number of aryl methyl sites for hydroxylation is 1. The lowest BCUT2D eigenvalue weighted by atomic mass is 9.93. The minimum atomic E-state index is -3.49. The van der Waals surface area contributed by atoms with Crippen LogP contribution in [0.1, 0.15) is 62.3 Å². The molecule has 0 spiro atoms. The Morgan fingerprint density at radius 3 is 2.41 bits per heavy atom. The number of benzene rings is 2. The van der Waals surface area contributed by atoms with Gasteiger partial charge in [0, 0.05) is 18.0 Å². The summed E-state index contributed by atoms with van der Waals surface area (Å²) in [7, 11) is -1.83. The molecule has 0 unspecified atom stereocenters. The van der Waals surface area contributed by atoms with E-state index in [0.29, 0.717) is 23.0 Å². The van der Waals surface area contributed by atoms with Crippen molar-refractivity contribution in [3.63, 3.8) is 0 Å². The molecule has 0 radical (unpaired) electrons. The quantitative estimate of drug-likeness (QED) is 0.506. The van der Waals surface area contributed by atoms with Crippen LogP contribution in [-0.4, -0.2) is 34.2 Å². The third-order valence-electron chi connectivity index (χ3n) is 5.35. The molecule has 1 N–H and O–H groups in total. The molecule has 0 fully saturated rings. The summed E-state index contributed by atoms with van der Waals surface area (Å²) in [5.74, 6) is 1.01. The maximum atomic E-state index is 12.6. The van der Waals surface area contributed by atoms with Gasteiger partial charge >= 0.3 is 0 Å². The van der Waals surface area contributed by atoms with Crippen molar-refractivity contribution in [3.8, 4) is 5.75 Å².